The third-order valence-corrected chi connectivity index (χ3v) is 5.67. The van der Waals surface area contributed by atoms with Crippen molar-refractivity contribution in [2.24, 2.45) is 0 Å². The number of benzene rings is 1. The number of carbonyl (C=O) groups excluding carboxylic acids is 1. The average molecular weight is 432 g/mol. The van der Waals surface area contributed by atoms with Gasteiger partial charge in [0.25, 0.3) is 5.91 Å². The minimum Gasteiger partial charge on any atom is -0.494 e. The highest BCUT2D eigenvalue weighted by Crippen LogP contribution is 2.36. The molecule has 160 valence electrons. The van der Waals surface area contributed by atoms with Crippen LogP contribution < -0.4 is 19.1 Å². The third kappa shape index (κ3) is 4.44. The van der Waals surface area contributed by atoms with E-state index in [0.717, 1.165) is 15.8 Å². The van der Waals surface area contributed by atoms with E-state index in [4.69, 9.17) is 19.2 Å². The van der Waals surface area contributed by atoms with Crippen LogP contribution in [0.2, 0.25) is 0 Å². The predicted octanol–water partition coefficient (Wildman–Crippen LogP) is 2.63. The van der Waals surface area contributed by atoms with Crippen molar-refractivity contribution in [3.8, 4) is 17.6 Å². The molecule has 0 fully saturated rings. The van der Waals surface area contributed by atoms with Gasteiger partial charge >= 0.3 is 6.01 Å². The Bertz CT molecular complexity index is 1030. The van der Waals surface area contributed by atoms with Crippen LogP contribution in [0.25, 0.3) is 10.2 Å². The van der Waals surface area contributed by atoms with Crippen LogP contribution in [0.4, 0.5) is 5.13 Å². The summed E-state index contributed by atoms with van der Waals surface area (Å²) in [5.41, 5.74) is 1.97. The molecule has 10 heteroatoms. The number of rotatable bonds is 8. The second-order valence-corrected chi connectivity index (χ2v) is 7.78. The Kier molecular flexibility index (Phi) is 6.68. The second kappa shape index (κ2) is 9.23. The molecule has 9 nitrogen and oxygen atoms in total. The van der Waals surface area contributed by atoms with Gasteiger partial charge in [0, 0.05) is 19.2 Å². The molecular weight excluding hydrogens is 406 g/mol. The van der Waals surface area contributed by atoms with E-state index in [1.54, 1.807) is 12.0 Å². The zero-order valence-electron chi connectivity index (χ0n) is 17.9. The summed E-state index contributed by atoms with van der Waals surface area (Å²) in [6, 6.07) is 5.42. The molecule has 0 spiro atoms. The number of hydrogen-bond acceptors (Lipinski definition) is 9. The minimum absolute atomic E-state index is 0.0621. The Morgan fingerprint density at radius 2 is 1.80 bits per heavy atom. The van der Waals surface area contributed by atoms with Crippen LogP contribution in [0.5, 0.6) is 17.6 Å². The summed E-state index contributed by atoms with van der Waals surface area (Å²) in [5.74, 6) is 0.606. The lowest BCUT2D eigenvalue weighted by molar-refractivity contribution is 0.0978. The fourth-order valence-corrected chi connectivity index (χ4v) is 3.89. The van der Waals surface area contributed by atoms with Gasteiger partial charge in [-0.05, 0) is 32.6 Å². The number of aryl methyl sites for hydroxylation is 1. The first-order valence-electron chi connectivity index (χ1n) is 9.25. The molecule has 0 radical (unpaired) electrons. The lowest BCUT2D eigenvalue weighted by atomic mass is 10.2. The monoisotopic (exact) mass is 431 g/mol. The van der Waals surface area contributed by atoms with E-state index >= 15 is 0 Å². The average Bonchev–Trinajstić information content (AvgIpc) is 3.19. The van der Waals surface area contributed by atoms with Crippen LogP contribution in [0.1, 0.15) is 16.1 Å². The van der Waals surface area contributed by atoms with Crippen molar-refractivity contribution in [3.05, 3.63) is 29.5 Å². The van der Waals surface area contributed by atoms with Crippen LogP contribution in [0, 0.1) is 6.92 Å². The highest BCUT2D eigenvalue weighted by atomic mass is 32.1. The summed E-state index contributed by atoms with van der Waals surface area (Å²) in [5, 5.41) is 0.570. The number of likely N-dealkylation sites (N-methyl/N-ethyl adjacent to an activating group) is 1. The Labute approximate surface area is 179 Å². The smallest absolute Gasteiger partial charge is 0.320 e. The van der Waals surface area contributed by atoms with Gasteiger partial charge in [-0.2, -0.15) is 9.97 Å². The summed E-state index contributed by atoms with van der Waals surface area (Å²) in [6.45, 7) is 3.09. The zero-order valence-corrected chi connectivity index (χ0v) is 18.7. The fraction of sp³-hybridized carbons (Fsp3) is 0.400. The highest BCUT2D eigenvalue weighted by Gasteiger charge is 2.25. The maximum Gasteiger partial charge on any atom is 0.320 e. The molecule has 0 bridgehead atoms. The SMILES string of the molecule is COc1cc(C(=O)N(CCN(C)C)c2nc3c(OC)ccc(C)c3s2)nc(OC)n1. The first kappa shape index (κ1) is 21.7. The molecule has 0 saturated heterocycles. The molecule has 0 saturated carbocycles. The maximum atomic E-state index is 13.5. The quantitative estimate of drug-likeness (QED) is 0.538. The van der Waals surface area contributed by atoms with Crippen molar-refractivity contribution >= 4 is 32.6 Å². The van der Waals surface area contributed by atoms with Gasteiger partial charge in [0.2, 0.25) is 5.88 Å². The number of amides is 1. The number of fused-ring (bicyclic) bond motifs is 1. The van der Waals surface area contributed by atoms with E-state index in [2.05, 4.69) is 9.97 Å². The molecule has 1 aromatic carbocycles. The molecule has 0 aliphatic carbocycles. The van der Waals surface area contributed by atoms with E-state index in [-0.39, 0.29) is 23.5 Å². The molecule has 2 aromatic heterocycles. The Morgan fingerprint density at radius 1 is 1.03 bits per heavy atom. The fourth-order valence-electron chi connectivity index (χ4n) is 2.81. The Morgan fingerprint density at radius 3 is 2.43 bits per heavy atom. The highest BCUT2D eigenvalue weighted by molar-refractivity contribution is 7.22. The number of aromatic nitrogens is 3. The molecule has 1 amide bonds. The topological polar surface area (TPSA) is 89.9 Å². The molecular formula is C20H25N5O4S. The summed E-state index contributed by atoms with van der Waals surface area (Å²) in [7, 11) is 8.42. The molecule has 30 heavy (non-hydrogen) atoms. The normalized spacial score (nSPS) is 11.0. The minimum atomic E-state index is -0.313. The van der Waals surface area contributed by atoms with Crippen molar-refractivity contribution in [3.63, 3.8) is 0 Å². The lowest BCUT2D eigenvalue weighted by Gasteiger charge is -2.21. The van der Waals surface area contributed by atoms with E-state index in [1.165, 1.54) is 31.6 Å². The van der Waals surface area contributed by atoms with Crippen LogP contribution in [-0.2, 0) is 0 Å². The number of carbonyl (C=O) groups is 1. The number of ether oxygens (including phenoxy) is 3. The number of methoxy groups -OCH3 is 3. The van der Waals surface area contributed by atoms with Crippen LogP contribution in [-0.4, -0.2) is 74.3 Å². The van der Waals surface area contributed by atoms with Crippen molar-refractivity contribution in [1.29, 1.82) is 0 Å². The zero-order chi connectivity index (χ0) is 21.8. The standard InChI is InChI=1S/C20H25N5O4S/c1-12-7-8-14(27-4)16-17(12)30-20(23-16)25(10-9-24(2)3)18(26)13-11-15(28-5)22-19(21-13)29-6/h7-8,11H,9-10H2,1-6H3. The van der Waals surface area contributed by atoms with Crippen molar-refractivity contribution < 1.29 is 19.0 Å². The molecule has 0 aliphatic heterocycles. The van der Waals surface area contributed by atoms with Gasteiger partial charge in [-0.25, -0.2) is 4.98 Å². The van der Waals surface area contributed by atoms with E-state index < -0.39 is 0 Å². The summed E-state index contributed by atoms with van der Waals surface area (Å²) < 4.78 is 16.7. The first-order chi connectivity index (χ1) is 14.4. The third-order valence-electron chi connectivity index (χ3n) is 4.45. The molecule has 0 N–H and O–H groups in total. The number of nitrogens with zero attached hydrogens (tertiary/aromatic N) is 5. The van der Waals surface area contributed by atoms with Crippen molar-refractivity contribution in [1.82, 2.24) is 19.9 Å². The van der Waals surface area contributed by atoms with Gasteiger partial charge in [0.05, 0.1) is 26.0 Å². The maximum absolute atomic E-state index is 13.5. The Hall–Kier alpha value is -2.98. The van der Waals surface area contributed by atoms with Crippen LogP contribution in [0.3, 0.4) is 0 Å². The van der Waals surface area contributed by atoms with Gasteiger partial charge in [0.15, 0.2) is 5.13 Å². The van der Waals surface area contributed by atoms with Crippen molar-refractivity contribution in [2.75, 3.05) is 53.4 Å². The molecule has 2 heterocycles. The number of anilines is 1. The molecule has 0 atom stereocenters. The number of hydrogen-bond donors (Lipinski definition) is 0. The van der Waals surface area contributed by atoms with E-state index in [1.807, 2.05) is 38.1 Å². The largest absolute Gasteiger partial charge is 0.494 e. The molecule has 0 unspecified atom stereocenters. The van der Waals surface area contributed by atoms with Gasteiger partial charge < -0.3 is 19.1 Å². The van der Waals surface area contributed by atoms with Gasteiger partial charge in [-0.1, -0.05) is 17.4 Å². The lowest BCUT2D eigenvalue weighted by Crippen LogP contribution is -2.37. The van der Waals surface area contributed by atoms with Gasteiger partial charge in [-0.3, -0.25) is 9.69 Å². The first-order valence-corrected chi connectivity index (χ1v) is 10.1. The van der Waals surface area contributed by atoms with Crippen molar-refractivity contribution in [2.45, 2.75) is 6.92 Å². The van der Waals surface area contributed by atoms with Gasteiger partial charge in [-0.15, -0.1) is 0 Å². The molecule has 3 rings (SSSR count). The number of thiazole rings is 1. The van der Waals surface area contributed by atoms with E-state index in [9.17, 15) is 4.79 Å². The van der Waals surface area contributed by atoms with Crippen LogP contribution in [0.15, 0.2) is 18.2 Å². The summed E-state index contributed by atoms with van der Waals surface area (Å²) in [4.78, 5) is 30.1. The summed E-state index contributed by atoms with van der Waals surface area (Å²) >= 11 is 1.45. The predicted molar refractivity (Wildman–Crippen MR) is 116 cm³/mol. The molecule has 3 aromatic rings. The van der Waals surface area contributed by atoms with Gasteiger partial charge in [0.1, 0.15) is 17.0 Å². The van der Waals surface area contributed by atoms with E-state index in [0.29, 0.717) is 24.0 Å². The van der Waals surface area contributed by atoms with Crippen LogP contribution >= 0.6 is 11.3 Å². The second-order valence-electron chi connectivity index (χ2n) is 6.80. The summed E-state index contributed by atoms with van der Waals surface area (Å²) in [6.07, 6.45) is 0. The molecule has 0 aliphatic rings. The Balaban J connectivity index is 2.08.